The van der Waals surface area contributed by atoms with Crippen molar-refractivity contribution in [1.29, 1.82) is 0 Å². The van der Waals surface area contributed by atoms with Crippen molar-refractivity contribution in [3.8, 4) is 0 Å². The van der Waals surface area contributed by atoms with Crippen molar-refractivity contribution in [3.05, 3.63) is 53.6 Å². The molecule has 3 rings (SSSR count). The second-order valence-corrected chi connectivity index (χ2v) is 9.34. The lowest BCUT2D eigenvalue weighted by Gasteiger charge is -2.21. The molecule has 156 valence electrons. The molecule has 0 N–H and O–H groups in total. The predicted octanol–water partition coefficient (Wildman–Crippen LogP) is 5.74. The van der Waals surface area contributed by atoms with Gasteiger partial charge in [-0.25, -0.2) is 4.98 Å². The number of hydrogen-bond donors (Lipinski definition) is 0. The highest BCUT2D eigenvalue weighted by Crippen LogP contribution is 2.31. The molecule has 0 saturated heterocycles. The first-order valence-electron chi connectivity index (χ1n) is 9.55. The van der Waals surface area contributed by atoms with Gasteiger partial charge < -0.3 is 4.90 Å². The van der Waals surface area contributed by atoms with E-state index in [-0.39, 0.29) is 18.3 Å². The predicted molar refractivity (Wildman–Crippen MR) is 129 cm³/mol. The van der Waals surface area contributed by atoms with Crippen molar-refractivity contribution in [2.45, 2.75) is 25.2 Å². The molecular formula is C22H28ClN3OS2. The number of benzene rings is 2. The maximum absolute atomic E-state index is 13.3. The summed E-state index contributed by atoms with van der Waals surface area (Å²) in [4.78, 5) is 23.3. The SMILES string of the molecule is CCSc1ccc(C(=O)N(CCCN(C)C)c2nc3c(C)cccc3s2)cc1.Cl. The third kappa shape index (κ3) is 5.95. The van der Waals surface area contributed by atoms with Crippen LogP contribution in [0.4, 0.5) is 5.13 Å². The van der Waals surface area contributed by atoms with Gasteiger partial charge in [0.25, 0.3) is 5.91 Å². The Balaban J connectivity index is 0.00000300. The highest BCUT2D eigenvalue weighted by molar-refractivity contribution is 7.99. The summed E-state index contributed by atoms with van der Waals surface area (Å²) in [7, 11) is 4.11. The van der Waals surface area contributed by atoms with Crippen LogP contribution in [0.3, 0.4) is 0 Å². The fraction of sp³-hybridized carbons (Fsp3) is 0.364. The minimum absolute atomic E-state index is 0. The van der Waals surface area contributed by atoms with Gasteiger partial charge in [0, 0.05) is 17.0 Å². The van der Waals surface area contributed by atoms with Crippen LogP contribution in [0.25, 0.3) is 10.2 Å². The quantitative estimate of drug-likeness (QED) is 0.411. The maximum atomic E-state index is 13.3. The first kappa shape index (κ1) is 23.7. The fourth-order valence-electron chi connectivity index (χ4n) is 3.04. The molecule has 1 heterocycles. The molecule has 0 unspecified atom stereocenters. The van der Waals surface area contributed by atoms with Crippen LogP contribution in [0, 0.1) is 6.92 Å². The zero-order valence-electron chi connectivity index (χ0n) is 17.3. The number of carbonyl (C=O) groups is 1. The van der Waals surface area contributed by atoms with Crippen LogP contribution in [0.2, 0.25) is 0 Å². The van der Waals surface area contributed by atoms with Gasteiger partial charge >= 0.3 is 0 Å². The van der Waals surface area contributed by atoms with Crippen molar-refractivity contribution in [3.63, 3.8) is 0 Å². The van der Waals surface area contributed by atoms with E-state index in [0.29, 0.717) is 12.1 Å². The lowest BCUT2D eigenvalue weighted by atomic mass is 10.2. The van der Waals surface area contributed by atoms with E-state index in [0.717, 1.165) is 39.6 Å². The van der Waals surface area contributed by atoms with E-state index in [4.69, 9.17) is 4.98 Å². The molecule has 0 atom stereocenters. The average Bonchev–Trinajstić information content (AvgIpc) is 3.11. The molecule has 0 saturated carbocycles. The molecule has 0 aliphatic carbocycles. The fourth-order valence-corrected chi connectivity index (χ4v) is 4.77. The first-order valence-corrected chi connectivity index (χ1v) is 11.4. The van der Waals surface area contributed by atoms with E-state index in [1.807, 2.05) is 35.2 Å². The number of aromatic nitrogens is 1. The van der Waals surface area contributed by atoms with E-state index >= 15 is 0 Å². The second-order valence-electron chi connectivity index (χ2n) is 6.99. The Morgan fingerprint density at radius 2 is 1.83 bits per heavy atom. The van der Waals surface area contributed by atoms with Crippen molar-refractivity contribution < 1.29 is 4.79 Å². The number of amides is 1. The van der Waals surface area contributed by atoms with Crippen LogP contribution >= 0.6 is 35.5 Å². The van der Waals surface area contributed by atoms with Gasteiger partial charge in [0.05, 0.1) is 10.2 Å². The summed E-state index contributed by atoms with van der Waals surface area (Å²) in [5, 5.41) is 0.778. The van der Waals surface area contributed by atoms with E-state index < -0.39 is 0 Å². The van der Waals surface area contributed by atoms with Crippen molar-refractivity contribution in [2.75, 3.05) is 37.8 Å². The standard InChI is InChI=1S/C22H27N3OS2.ClH/c1-5-27-18-12-10-17(11-13-18)21(26)25(15-7-14-24(3)4)22-23-20-16(2)8-6-9-19(20)28-22;/h6,8-13H,5,7,14-15H2,1-4H3;1H. The molecule has 4 nitrogen and oxygen atoms in total. The van der Waals surface area contributed by atoms with Gasteiger partial charge in [-0.15, -0.1) is 24.2 Å². The number of anilines is 1. The Kier molecular flexibility index (Phi) is 8.96. The number of fused-ring (bicyclic) bond motifs is 1. The number of thioether (sulfide) groups is 1. The highest BCUT2D eigenvalue weighted by Gasteiger charge is 2.21. The molecule has 3 aromatic rings. The minimum Gasteiger partial charge on any atom is -0.309 e. The van der Waals surface area contributed by atoms with Gasteiger partial charge in [-0.05, 0) is 75.6 Å². The Bertz CT molecular complexity index is 941. The molecule has 2 aromatic carbocycles. The Morgan fingerprint density at radius 1 is 1.10 bits per heavy atom. The topological polar surface area (TPSA) is 36.4 Å². The normalized spacial score (nSPS) is 10.9. The van der Waals surface area contributed by atoms with Gasteiger partial charge in [-0.3, -0.25) is 9.69 Å². The highest BCUT2D eigenvalue weighted by atomic mass is 35.5. The Hall–Kier alpha value is -1.60. The van der Waals surface area contributed by atoms with Gasteiger partial charge in [-0.1, -0.05) is 30.4 Å². The van der Waals surface area contributed by atoms with Gasteiger partial charge in [0.2, 0.25) is 0 Å². The molecule has 0 fully saturated rings. The van der Waals surface area contributed by atoms with Crippen LogP contribution in [-0.4, -0.2) is 48.7 Å². The number of para-hydroxylation sites is 1. The van der Waals surface area contributed by atoms with Crippen LogP contribution in [0.5, 0.6) is 0 Å². The number of carbonyl (C=O) groups excluding carboxylic acids is 1. The molecule has 0 spiro atoms. The van der Waals surface area contributed by atoms with Gasteiger partial charge in [0.1, 0.15) is 0 Å². The maximum Gasteiger partial charge on any atom is 0.260 e. The Labute approximate surface area is 187 Å². The second kappa shape index (κ2) is 11.0. The minimum atomic E-state index is 0. The summed E-state index contributed by atoms with van der Waals surface area (Å²) in [6.45, 7) is 5.78. The van der Waals surface area contributed by atoms with Crippen LogP contribution in [0.1, 0.15) is 29.3 Å². The molecule has 0 aliphatic heterocycles. The number of nitrogens with zero attached hydrogens (tertiary/aromatic N) is 3. The smallest absolute Gasteiger partial charge is 0.260 e. The third-order valence-electron chi connectivity index (χ3n) is 4.48. The number of halogens is 1. The van der Waals surface area contributed by atoms with Crippen LogP contribution in [-0.2, 0) is 0 Å². The van der Waals surface area contributed by atoms with E-state index in [1.54, 1.807) is 23.1 Å². The van der Waals surface area contributed by atoms with E-state index in [1.165, 1.54) is 4.90 Å². The number of rotatable bonds is 8. The molecule has 0 bridgehead atoms. The monoisotopic (exact) mass is 449 g/mol. The van der Waals surface area contributed by atoms with Crippen LogP contribution in [0.15, 0.2) is 47.4 Å². The zero-order valence-corrected chi connectivity index (χ0v) is 19.8. The van der Waals surface area contributed by atoms with Crippen molar-refractivity contribution in [1.82, 2.24) is 9.88 Å². The molecule has 0 aliphatic rings. The number of aryl methyl sites for hydroxylation is 1. The summed E-state index contributed by atoms with van der Waals surface area (Å²) in [5.41, 5.74) is 2.84. The summed E-state index contributed by atoms with van der Waals surface area (Å²) in [6.07, 6.45) is 0.900. The number of hydrogen-bond acceptors (Lipinski definition) is 5. The van der Waals surface area contributed by atoms with E-state index in [9.17, 15) is 4.79 Å². The third-order valence-corrected chi connectivity index (χ3v) is 6.42. The Morgan fingerprint density at radius 3 is 2.45 bits per heavy atom. The van der Waals surface area contributed by atoms with Gasteiger partial charge in [0.15, 0.2) is 5.13 Å². The largest absolute Gasteiger partial charge is 0.309 e. The number of thiazole rings is 1. The summed E-state index contributed by atoms with van der Waals surface area (Å²) in [5.74, 6) is 1.04. The van der Waals surface area contributed by atoms with E-state index in [2.05, 4.69) is 45.0 Å². The molecule has 0 radical (unpaired) electrons. The first-order chi connectivity index (χ1) is 13.5. The molecule has 1 amide bonds. The lowest BCUT2D eigenvalue weighted by Crippen LogP contribution is -2.33. The molecular weight excluding hydrogens is 422 g/mol. The summed E-state index contributed by atoms with van der Waals surface area (Å²) in [6, 6.07) is 14.1. The average molecular weight is 450 g/mol. The molecule has 7 heteroatoms. The lowest BCUT2D eigenvalue weighted by molar-refractivity contribution is 0.0986. The van der Waals surface area contributed by atoms with Gasteiger partial charge in [-0.2, -0.15) is 0 Å². The molecule has 29 heavy (non-hydrogen) atoms. The van der Waals surface area contributed by atoms with Crippen molar-refractivity contribution in [2.24, 2.45) is 0 Å². The van der Waals surface area contributed by atoms with Crippen molar-refractivity contribution >= 4 is 56.8 Å². The summed E-state index contributed by atoms with van der Waals surface area (Å²) < 4.78 is 1.12. The summed E-state index contributed by atoms with van der Waals surface area (Å²) >= 11 is 3.37. The zero-order chi connectivity index (χ0) is 20.1. The molecule has 1 aromatic heterocycles. The van der Waals surface area contributed by atoms with Crippen LogP contribution < -0.4 is 4.90 Å².